The Labute approximate surface area is 192 Å². The van der Waals surface area contributed by atoms with E-state index in [2.05, 4.69) is 40.3 Å². The lowest BCUT2D eigenvalue weighted by Gasteiger charge is -2.13. The molecular weight excluding hydrogens is 412 g/mol. The number of hydrogen-bond donors (Lipinski definition) is 2. The summed E-state index contributed by atoms with van der Waals surface area (Å²) >= 11 is 0. The maximum Gasteiger partial charge on any atom is 0.225 e. The van der Waals surface area contributed by atoms with Crippen molar-refractivity contribution >= 4 is 39.3 Å². The third-order valence-electron chi connectivity index (χ3n) is 5.86. The molecule has 4 aromatic rings. The third-order valence-corrected chi connectivity index (χ3v) is 5.86. The van der Waals surface area contributed by atoms with E-state index in [1.807, 2.05) is 42.5 Å². The van der Waals surface area contributed by atoms with Crippen LogP contribution < -0.4 is 10.6 Å². The van der Waals surface area contributed by atoms with E-state index in [1.54, 1.807) is 19.1 Å². The topological polar surface area (TPSA) is 86.9 Å². The first-order chi connectivity index (χ1) is 16.0. The first-order valence-electron chi connectivity index (χ1n) is 11.1. The van der Waals surface area contributed by atoms with Crippen LogP contribution in [0, 0.1) is 17.2 Å². The zero-order valence-corrected chi connectivity index (χ0v) is 18.8. The predicted octanol–water partition coefficient (Wildman–Crippen LogP) is 4.97. The molecule has 1 heterocycles. The van der Waals surface area contributed by atoms with Gasteiger partial charge in [-0.25, -0.2) is 0 Å². The van der Waals surface area contributed by atoms with Gasteiger partial charge < -0.3 is 15.2 Å². The smallest absolute Gasteiger partial charge is 0.225 e. The Bertz CT molecular complexity index is 1360. The van der Waals surface area contributed by atoms with Crippen LogP contribution in [-0.4, -0.2) is 16.4 Å². The van der Waals surface area contributed by atoms with Gasteiger partial charge in [-0.15, -0.1) is 0 Å². The summed E-state index contributed by atoms with van der Waals surface area (Å²) in [6.07, 6.45) is 0.0912. The molecule has 0 aliphatic heterocycles. The Morgan fingerprint density at radius 1 is 1.00 bits per heavy atom. The monoisotopic (exact) mass is 438 g/mol. The first kappa shape index (κ1) is 22.1. The van der Waals surface area contributed by atoms with E-state index >= 15 is 0 Å². The maximum atomic E-state index is 12.6. The van der Waals surface area contributed by atoms with E-state index in [0.29, 0.717) is 12.1 Å². The lowest BCUT2D eigenvalue weighted by atomic mass is 10.1. The summed E-state index contributed by atoms with van der Waals surface area (Å²) in [5.41, 5.74) is 4.50. The minimum atomic E-state index is -0.464. The molecule has 0 fully saturated rings. The number of amides is 2. The van der Waals surface area contributed by atoms with E-state index in [0.717, 1.165) is 34.1 Å². The number of hydrogen-bond acceptors (Lipinski definition) is 3. The molecule has 0 bridgehead atoms. The van der Waals surface area contributed by atoms with E-state index < -0.39 is 5.92 Å². The van der Waals surface area contributed by atoms with Crippen molar-refractivity contribution in [3.05, 3.63) is 77.9 Å². The normalized spacial score (nSPS) is 11.8. The number of rotatable bonds is 7. The molecule has 0 aliphatic carbocycles. The van der Waals surface area contributed by atoms with Crippen molar-refractivity contribution in [2.75, 3.05) is 5.32 Å². The molecule has 6 nitrogen and oxygen atoms in total. The molecule has 0 spiro atoms. The quantitative estimate of drug-likeness (QED) is 0.427. The summed E-state index contributed by atoms with van der Waals surface area (Å²) in [6.45, 7) is 5.08. The van der Waals surface area contributed by atoms with Crippen LogP contribution in [0.1, 0.15) is 31.4 Å². The number of benzene rings is 3. The largest absolute Gasteiger partial charge is 0.352 e. The molecule has 6 heteroatoms. The van der Waals surface area contributed by atoms with Gasteiger partial charge >= 0.3 is 0 Å². The minimum Gasteiger partial charge on any atom is -0.352 e. The number of carbonyl (C=O) groups excluding carboxylic acids is 2. The molecular formula is C27H26N4O2. The fourth-order valence-electron chi connectivity index (χ4n) is 4.12. The summed E-state index contributed by atoms with van der Waals surface area (Å²) < 4.78 is 2.26. The van der Waals surface area contributed by atoms with Crippen molar-refractivity contribution in [2.45, 2.75) is 33.4 Å². The van der Waals surface area contributed by atoms with Crippen LogP contribution in [0.4, 0.5) is 5.69 Å². The lowest BCUT2D eigenvalue weighted by molar-refractivity contribution is -0.128. The second kappa shape index (κ2) is 9.58. The van der Waals surface area contributed by atoms with Gasteiger partial charge in [0.05, 0.1) is 11.6 Å². The van der Waals surface area contributed by atoms with Crippen molar-refractivity contribution < 1.29 is 9.59 Å². The third kappa shape index (κ3) is 4.73. The SMILES string of the molecule is CCn1c2ccccc2c2cc(NC(=O)CC(C)C(=O)NCc3ccc(C#N)cc3)ccc21. The second-order valence-electron chi connectivity index (χ2n) is 8.17. The number of nitrogens with zero attached hydrogens (tertiary/aromatic N) is 2. The lowest BCUT2D eigenvalue weighted by Crippen LogP contribution is -2.31. The molecule has 4 rings (SSSR count). The van der Waals surface area contributed by atoms with Crippen LogP contribution in [0.2, 0.25) is 0 Å². The zero-order chi connectivity index (χ0) is 23.4. The van der Waals surface area contributed by atoms with E-state index in [4.69, 9.17) is 5.26 Å². The minimum absolute atomic E-state index is 0.0912. The van der Waals surface area contributed by atoms with Crippen molar-refractivity contribution in [2.24, 2.45) is 5.92 Å². The van der Waals surface area contributed by atoms with Gasteiger partial charge in [-0.05, 0) is 48.9 Å². The van der Waals surface area contributed by atoms with Crippen LogP contribution in [0.25, 0.3) is 21.8 Å². The van der Waals surface area contributed by atoms with Gasteiger partial charge in [-0.3, -0.25) is 9.59 Å². The van der Waals surface area contributed by atoms with Gasteiger partial charge in [-0.2, -0.15) is 5.26 Å². The number of para-hydroxylation sites is 1. The Morgan fingerprint density at radius 2 is 1.73 bits per heavy atom. The van der Waals surface area contributed by atoms with Gasteiger partial charge in [0.25, 0.3) is 0 Å². The van der Waals surface area contributed by atoms with Crippen LogP contribution in [-0.2, 0) is 22.7 Å². The average molecular weight is 439 g/mol. The number of nitrogens with one attached hydrogen (secondary N) is 2. The first-order valence-corrected chi connectivity index (χ1v) is 11.1. The number of fused-ring (bicyclic) bond motifs is 3. The summed E-state index contributed by atoms with van der Waals surface area (Å²) in [7, 11) is 0. The highest BCUT2D eigenvalue weighted by Gasteiger charge is 2.17. The highest BCUT2D eigenvalue weighted by molar-refractivity contribution is 6.09. The summed E-state index contributed by atoms with van der Waals surface area (Å²) in [5, 5.41) is 16.9. The molecule has 0 saturated carbocycles. The number of carbonyl (C=O) groups is 2. The molecule has 2 amide bonds. The molecule has 0 radical (unpaired) electrons. The maximum absolute atomic E-state index is 12.6. The number of nitriles is 1. The molecule has 33 heavy (non-hydrogen) atoms. The molecule has 1 unspecified atom stereocenters. The van der Waals surface area contributed by atoms with Crippen LogP contribution in [0.15, 0.2) is 66.7 Å². The van der Waals surface area contributed by atoms with E-state index in [9.17, 15) is 9.59 Å². The Balaban J connectivity index is 1.39. The van der Waals surface area contributed by atoms with Crippen molar-refractivity contribution in [1.29, 1.82) is 5.26 Å². The van der Waals surface area contributed by atoms with Crippen LogP contribution >= 0.6 is 0 Å². The van der Waals surface area contributed by atoms with Crippen LogP contribution in [0.5, 0.6) is 0 Å². The highest BCUT2D eigenvalue weighted by atomic mass is 16.2. The van der Waals surface area contributed by atoms with E-state index in [1.165, 1.54) is 5.52 Å². The van der Waals surface area contributed by atoms with Gasteiger partial charge in [0.1, 0.15) is 0 Å². The Kier molecular flexibility index (Phi) is 6.41. The Hall–Kier alpha value is -4.11. The molecule has 1 atom stereocenters. The number of aryl methyl sites for hydroxylation is 1. The molecule has 1 aromatic heterocycles. The molecule has 3 aromatic carbocycles. The molecule has 0 aliphatic rings. The average Bonchev–Trinajstić information content (AvgIpc) is 3.15. The van der Waals surface area contributed by atoms with Crippen molar-refractivity contribution in [1.82, 2.24) is 9.88 Å². The fraction of sp³-hybridized carbons (Fsp3) is 0.222. The van der Waals surface area contributed by atoms with Gasteiger partial charge in [0.15, 0.2) is 0 Å². The second-order valence-corrected chi connectivity index (χ2v) is 8.17. The Morgan fingerprint density at radius 3 is 2.45 bits per heavy atom. The predicted molar refractivity (Wildman–Crippen MR) is 131 cm³/mol. The molecule has 166 valence electrons. The number of aromatic nitrogens is 1. The van der Waals surface area contributed by atoms with Crippen molar-refractivity contribution in [3.63, 3.8) is 0 Å². The van der Waals surface area contributed by atoms with Gasteiger partial charge in [0.2, 0.25) is 11.8 Å². The van der Waals surface area contributed by atoms with Crippen molar-refractivity contribution in [3.8, 4) is 6.07 Å². The van der Waals surface area contributed by atoms with Gasteiger partial charge in [-0.1, -0.05) is 37.3 Å². The number of anilines is 1. The molecule has 2 N–H and O–H groups in total. The highest BCUT2D eigenvalue weighted by Crippen LogP contribution is 2.31. The van der Waals surface area contributed by atoms with E-state index in [-0.39, 0.29) is 18.2 Å². The van der Waals surface area contributed by atoms with Gasteiger partial charge in [0, 0.05) is 52.9 Å². The standard InChI is InChI=1S/C27H26N4O2/c1-3-31-24-7-5-4-6-22(24)23-15-21(12-13-25(23)31)30-26(32)14-18(2)27(33)29-17-20-10-8-19(16-28)9-11-20/h4-13,15,18H,3,14,17H2,1-2H3,(H,29,33)(H,30,32). The zero-order valence-electron chi connectivity index (χ0n) is 18.8. The summed E-state index contributed by atoms with van der Waals surface area (Å²) in [4.78, 5) is 25.0. The summed E-state index contributed by atoms with van der Waals surface area (Å²) in [5.74, 6) is -0.848. The van der Waals surface area contributed by atoms with Crippen LogP contribution in [0.3, 0.4) is 0 Å². The summed E-state index contributed by atoms with van der Waals surface area (Å²) in [6, 6.07) is 23.3. The fourth-order valence-corrected chi connectivity index (χ4v) is 4.12. The molecule has 0 saturated heterocycles.